The summed E-state index contributed by atoms with van der Waals surface area (Å²) in [6.07, 6.45) is -3.07. The van der Waals surface area contributed by atoms with Crippen molar-refractivity contribution >= 4 is 17.6 Å². The molecule has 0 aliphatic heterocycles. The van der Waals surface area contributed by atoms with E-state index in [-0.39, 0.29) is 17.2 Å². The zero-order valence-corrected chi connectivity index (χ0v) is 10.8. The van der Waals surface area contributed by atoms with Gasteiger partial charge < -0.3 is 14.3 Å². The molecule has 1 aromatic heterocycles. The van der Waals surface area contributed by atoms with Crippen LogP contribution in [-0.4, -0.2) is 23.2 Å². The number of methoxy groups -OCH3 is 1. The fraction of sp³-hybridized carbons (Fsp3) is 0.167. The first-order valence-corrected chi connectivity index (χ1v) is 5.68. The number of aromatic nitrogens is 1. The van der Waals surface area contributed by atoms with Crippen molar-refractivity contribution in [2.75, 3.05) is 7.11 Å². The maximum absolute atomic E-state index is 12.7. The molecular weight excluding hydrogens is 296 g/mol. The van der Waals surface area contributed by atoms with Gasteiger partial charge in [-0.15, -0.1) is 0 Å². The molecule has 0 saturated heterocycles. The Hall–Kier alpha value is -2.15. The summed E-state index contributed by atoms with van der Waals surface area (Å²) in [6.45, 7) is 0. The van der Waals surface area contributed by atoms with Gasteiger partial charge in [0.05, 0.1) is 12.7 Å². The fourth-order valence-electron chi connectivity index (χ4n) is 1.60. The van der Waals surface area contributed by atoms with Crippen LogP contribution in [0.2, 0.25) is 5.02 Å². The molecule has 0 unspecified atom stereocenters. The second kappa shape index (κ2) is 5.46. The lowest BCUT2D eigenvalue weighted by Crippen LogP contribution is -1.99. The van der Waals surface area contributed by atoms with Crippen molar-refractivity contribution in [2.45, 2.75) is 6.43 Å². The van der Waals surface area contributed by atoms with Gasteiger partial charge in [-0.1, -0.05) is 11.6 Å². The van der Waals surface area contributed by atoms with Crippen LogP contribution >= 0.6 is 11.6 Å². The zero-order chi connectivity index (χ0) is 14.9. The molecule has 8 heteroatoms. The summed E-state index contributed by atoms with van der Waals surface area (Å²) < 4.78 is 35.4. The number of halogens is 3. The van der Waals surface area contributed by atoms with Crippen LogP contribution in [0.4, 0.5) is 8.78 Å². The number of benzene rings is 1. The Labute approximate surface area is 116 Å². The molecule has 1 aromatic carbocycles. The number of carbonyl (C=O) groups is 1. The van der Waals surface area contributed by atoms with Crippen molar-refractivity contribution in [3.05, 3.63) is 34.7 Å². The predicted octanol–water partition coefficient (Wildman–Crippen LogP) is 3.64. The smallest absolute Gasteiger partial charge is 0.374 e. The first-order valence-electron chi connectivity index (χ1n) is 5.30. The van der Waals surface area contributed by atoms with Crippen LogP contribution in [0.5, 0.6) is 5.75 Å². The molecule has 0 atom stereocenters. The highest BCUT2D eigenvalue weighted by Gasteiger charge is 2.27. The van der Waals surface area contributed by atoms with Crippen molar-refractivity contribution in [3.63, 3.8) is 0 Å². The number of aromatic carboxylic acids is 1. The number of carboxylic acid groups (broad SMARTS) is 1. The second-order valence-corrected chi connectivity index (χ2v) is 4.12. The summed E-state index contributed by atoms with van der Waals surface area (Å²) in [7, 11) is 1.36. The van der Waals surface area contributed by atoms with Crippen LogP contribution in [0.15, 0.2) is 22.6 Å². The van der Waals surface area contributed by atoms with E-state index in [2.05, 4.69) is 4.98 Å². The SMILES string of the molecule is COc1ccc(Cl)cc1-c1nc(C(F)F)c(C(=O)O)o1. The Morgan fingerprint density at radius 1 is 1.50 bits per heavy atom. The van der Waals surface area contributed by atoms with Gasteiger partial charge in [0.1, 0.15) is 5.75 Å². The number of rotatable bonds is 4. The van der Waals surface area contributed by atoms with E-state index in [0.717, 1.165) is 0 Å². The van der Waals surface area contributed by atoms with Crippen LogP contribution in [0.1, 0.15) is 22.7 Å². The summed E-state index contributed by atoms with van der Waals surface area (Å²) in [4.78, 5) is 14.4. The maximum Gasteiger partial charge on any atom is 0.374 e. The zero-order valence-electron chi connectivity index (χ0n) is 10.1. The van der Waals surface area contributed by atoms with Crippen LogP contribution in [0.3, 0.4) is 0 Å². The van der Waals surface area contributed by atoms with Crippen molar-refractivity contribution in [3.8, 4) is 17.2 Å². The molecule has 2 aromatic rings. The molecule has 0 radical (unpaired) electrons. The standard InChI is InChI=1S/C12H8ClF2NO4/c1-19-7-3-2-5(13)4-6(7)11-16-8(10(14)15)9(20-11)12(17)18/h2-4,10H,1H3,(H,17,18). The molecule has 0 fully saturated rings. The highest BCUT2D eigenvalue weighted by atomic mass is 35.5. The number of carboxylic acids is 1. The maximum atomic E-state index is 12.7. The molecule has 0 aliphatic rings. The molecule has 0 bridgehead atoms. The molecule has 106 valence electrons. The third kappa shape index (κ3) is 2.57. The van der Waals surface area contributed by atoms with E-state index in [1.807, 2.05) is 0 Å². The molecule has 20 heavy (non-hydrogen) atoms. The average molecular weight is 304 g/mol. The lowest BCUT2D eigenvalue weighted by Gasteiger charge is -2.05. The van der Waals surface area contributed by atoms with Crippen LogP contribution in [0.25, 0.3) is 11.5 Å². The molecule has 2 rings (SSSR count). The van der Waals surface area contributed by atoms with Crippen LogP contribution in [-0.2, 0) is 0 Å². The number of hydrogen-bond donors (Lipinski definition) is 1. The number of alkyl halides is 2. The number of nitrogens with zero attached hydrogens (tertiary/aromatic N) is 1. The first kappa shape index (κ1) is 14.3. The highest BCUT2D eigenvalue weighted by molar-refractivity contribution is 6.30. The number of oxazole rings is 1. The van der Waals surface area contributed by atoms with E-state index in [0.29, 0.717) is 5.02 Å². The van der Waals surface area contributed by atoms with Gasteiger partial charge >= 0.3 is 5.97 Å². The third-order valence-corrected chi connectivity index (χ3v) is 2.68. The minimum absolute atomic E-state index is 0.189. The topological polar surface area (TPSA) is 72.6 Å². The Kier molecular flexibility index (Phi) is 3.89. The van der Waals surface area contributed by atoms with Crippen molar-refractivity contribution in [1.82, 2.24) is 4.98 Å². The van der Waals surface area contributed by atoms with Crippen molar-refractivity contribution in [1.29, 1.82) is 0 Å². The summed E-state index contributed by atoms with van der Waals surface area (Å²) in [5.41, 5.74) is -0.746. The molecule has 5 nitrogen and oxygen atoms in total. The van der Waals surface area contributed by atoms with E-state index in [1.165, 1.54) is 25.3 Å². The van der Waals surface area contributed by atoms with Gasteiger partial charge in [0.25, 0.3) is 6.43 Å². The van der Waals surface area contributed by atoms with E-state index in [9.17, 15) is 13.6 Å². The van der Waals surface area contributed by atoms with Crippen LogP contribution < -0.4 is 4.74 Å². The Morgan fingerprint density at radius 3 is 2.70 bits per heavy atom. The predicted molar refractivity (Wildman–Crippen MR) is 65.4 cm³/mol. The molecule has 0 amide bonds. The molecule has 0 aliphatic carbocycles. The summed E-state index contributed by atoms with van der Waals surface area (Å²) in [6, 6.07) is 4.40. The van der Waals surface area contributed by atoms with Gasteiger partial charge in [0.2, 0.25) is 11.7 Å². The molecule has 1 heterocycles. The van der Waals surface area contributed by atoms with Gasteiger partial charge in [0.15, 0.2) is 5.69 Å². The van der Waals surface area contributed by atoms with Crippen molar-refractivity contribution < 1.29 is 27.8 Å². The minimum Gasteiger partial charge on any atom is -0.496 e. The lowest BCUT2D eigenvalue weighted by atomic mass is 10.2. The first-order chi connectivity index (χ1) is 9.43. The monoisotopic (exact) mass is 303 g/mol. The van der Waals surface area contributed by atoms with Gasteiger partial charge in [-0.3, -0.25) is 0 Å². The van der Waals surface area contributed by atoms with E-state index >= 15 is 0 Å². The Bertz CT molecular complexity index is 657. The molecule has 0 spiro atoms. The highest BCUT2D eigenvalue weighted by Crippen LogP contribution is 2.35. The number of hydrogen-bond acceptors (Lipinski definition) is 4. The normalized spacial score (nSPS) is 10.8. The van der Waals surface area contributed by atoms with Gasteiger partial charge in [-0.25, -0.2) is 18.6 Å². The van der Waals surface area contributed by atoms with E-state index in [1.54, 1.807) is 0 Å². The quantitative estimate of drug-likeness (QED) is 0.933. The molecule has 1 N–H and O–H groups in total. The van der Waals surface area contributed by atoms with E-state index < -0.39 is 23.8 Å². The van der Waals surface area contributed by atoms with Gasteiger partial charge in [-0.05, 0) is 18.2 Å². The second-order valence-electron chi connectivity index (χ2n) is 3.68. The number of ether oxygens (including phenoxy) is 1. The summed E-state index contributed by atoms with van der Waals surface area (Å²) >= 11 is 5.81. The lowest BCUT2D eigenvalue weighted by molar-refractivity contribution is 0.0646. The largest absolute Gasteiger partial charge is 0.496 e. The van der Waals surface area contributed by atoms with Crippen LogP contribution in [0, 0.1) is 0 Å². The fourth-order valence-corrected chi connectivity index (χ4v) is 1.77. The van der Waals surface area contributed by atoms with Gasteiger partial charge in [0, 0.05) is 5.02 Å². The molecule has 0 saturated carbocycles. The Balaban J connectivity index is 2.61. The van der Waals surface area contributed by atoms with Crippen molar-refractivity contribution in [2.24, 2.45) is 0 Å². The van der Waals surface area contributed by atoms with E-state index in [4.69, 9.17) is 25.9 Å². The summed E-state index contributed by atoms with van der Waals surface area (Å²) in [5, 5.41) is 9.13. The Morgan fingerprint density at radius 2 is 2.20 bits per heavy atom. The average Bonchev–Trinajstić information content (AvgIpc) is 2.83. The third-order valence-electron chi connectivity index (χ3n) is 2.45. The van der Waals surface area contributed by atoms with Gasteiger partial charge in [-0.2, -0.15) is 0 Å². The summed E-state index contributed by atoms with van der Waals surface area (Å²) in [5.74, 6) is -2.55. The minimum atomic E-state index is -3.07. The molecular formula is C12H8ClF2NO4.